The number of aromatic amines is 1. The lowest BCUT2D eigenvalue weighted by atomic mass is 9.91. The molecule has 3 heterocycles. The number of aromatic nitrogens is 3. The minimum atomic E-state index is -3.39. The highest BCUT2D eigenvalue weighted by atomic mass is 32.2. The molecule has 2 aromatic heterocycles. The molecule has 0 aromatic carbocycles. The quantitative estimate of drug-likeness (QED) is 0.931. The first-order valence-corrected chi connectivity index (χ1v) is 8.90. The Labute approximate surface area is 130 Å². The molecule has 0 spiro atoms. The summed E-state index contributed by atoms with van der Waals surface area (Å²) in [6.45, 7) is 3.13. The first-order chi connectivity index (χ1) is 10.6. The fourth-order valence-corrected chi connectivity index (χ4v) is 4.32. The van der Waals surface area contributed by atoms with Gasteiger partial charge in [0.05, 0.1) is 6.20 Å². The molecule has 1 fully saturated rings. The number of nitrogens with one attached hydrogen (secondary N) is 1. The van der Waals surface area contributed by atoms with Crippen molar-refractivity contribution >= 4 is 10.0 Å². The molecule has 3 rings (SSSR count). The maximum atomic E-state index is 12.4. The van der Waals surface area contributed by atoms with Gasteiger partial charge < -0.3 is 0 Å². The highest BCUT2D eigenvalue weighted by molar-refractivity contribution is 7.89. The van der Waals surface area contributed by atoms with Crippen LogP contribution in [0.4, 0.5) is 0 Å². The zero-order valence-corrected chi connectivity index (χ0v) is 13.4. The second-order valence-corrected chi connectivity index (χ2v) is 7.73. The molecule has 1 saturated heterocycles. The minimum absolute atomic E-state index is 0.246. The number of nitrogens with zero attached hydrogens (tertiary/aromatic N) is 3. The molecule has 1 N–H and O–H groups in total. The van der Waals surface area contributed by atoms with Crippen molar-refractivity contribution in [3.05, 3.63) is 42.0 Å². The lowest BCUT2D eigenvalue weighted by Crippen LogP contribution is -2.38. The van der Waals surface area contributed by atoms with Gasteiger partial charge in [-0.25, -0.2) is 8.42 Å². The topological polar surface area (TPSA) is 79.0 Å². The van der Waals surface area contributed by atoms with Crippen molar-refractivity contribution in [1.29, 1.82) is 0 Å². The Balaban J connectivity index is 1.61. The fourth-order valence-electron chi connectivity index (χ4n) is 2.95. The second kappa shape index (κ2) is 6.18. The van der Waals surface area contributed by atoms with Gasteiger partial charge in [0.1, 0.15) is 4.90 Å². The highest BCUT2D eigenvalue weighted by Gasteiger charge is 2.29. The molecule has 1 aliphatic rings. The lowest BCUT2D eigenvalue weighted by Gasteiger charge is -2.30. The molecule has 2 aromatic rings. The summed E-state index contributed by atoms with van der Waals surface area (Å²) in [5.41, 5.74) is 2.31. The van der Waals surface area contributed by atoms with Gasteiger partial charge in [-0.3, -0.25) is 10.1 Å². The monoisotopic (exact) mass is 320 g/mol. The van der Waals surface area contributed by atoms with E-state index in [4.69, 9.17) is 0 Å². The zero-order chi connectivity index (χ0) is 15.6. The molecule has 22 heavy (non-hydrogen) atoms. The molecule has 0 saturated carbocycles. The van der Waals surface area contributed by atoms with Gasteiger partial charge in [0, 0.05) is 31.2 Å². The Kier molecular flexibility index (Phi) is 4.26. The van der Waals surface area contributed by atoms with Crippen molar-refractivity contribution in [2.45, 2.75) is 31.1 Å². The number of hydrogen-bond acceptors (Lipinski definition) is 4. The van der Waals surface area contributed by atoms with Gasteiger partial charge in [-0.15, -0.1) is 0 Å². The van der Waals surface area contributed by atoms with Crippen LogP contribution in [-0.2, 0) is 16.4 Å². The maximum Gasteiger partial charge on any atom is 0.246 e. The summed E-state index contributed by atoms with van der Waals surface area (Å²) in [7, 11) is -3.39. The van der Waals surface area contributed by atoms with E-state index in [-0.39, 0.29) is 4.90 Å². The minimum Gasteiger partial charge on any atom is -0.284 e. The third-order valence-electron chi connectivity index (χ3n) is 4.17. The molecule has 6 nitrogen and oxygen atoms in total. The molecule has 0 unspecified atom stereocenters. The molecule has 0 bridgehead atoms. The molecule has 7 heteroatoms. The predicted molar refractivity (Wildman–Crippen MR) is 82.7 cm³/mol. The van der Waals surface area contributed by atoms with Crippen LogP contribution in [0.5, 0.6) is 0 Å². The Morgan fingerprint density at radius 1 is 1.36 bits per heavy atom. The van der Waals surface area contributed by atoms with E-state index in [0.717, 1.165) is 25.0 Å². The van der Waals surface area contributed by atoms with Gasteiger partial charge in [0.25, 0.3) is 0 Å². The summed E-state index contributed by atoms with van der Waals surface area (Å²) < 4.78 is 26.4. The number of sulfonamides is 1. The van der Waals surface area contributed by atoms with Crippen LogP contribution < -0.4 is 0 Å². The van der Waals surface area contributed by atoms with Gasteiger partial charge in [0.2, 0.25) is 10.0 Å². The van der Waals surface area contributed by atoms with Gasteiger partial charge in [-0.2, -0.15) is 9.40 Å². The van der Waals surface area contributed by atoms with Crippen molar-refractivity contribution in [2.75, 3.05) is 13.1 Å². The Hall–Kier alpha value is -1.73. The first-order valence-electron chi connectivity index (χ1n) is 7.46. The van der Waals surface area contributed by atoms with E-state index >= 15 is 0 Å². The predicted octanol–water partition coefficient (Wildman–Crippen LogP) is 1.76. The number of aryl methyl sites for hydroxylation is 1. The average molecular weight is 320 g/mol. The van der Waals surface area contributed by atoms with Crippen LogP contribution in [0.3, 0.4) is 0 Å². The number of piperidine rings is 1. The fraction of sp³-hybridized carbons (Fsp3) is 0.467. The lowest BCUT2D eigenvalue weighted by molar-refractivity contribution is 0.273. The van der Waals surface area contributed by atoms with Crippen LogP contribution in [-0.4, -0.2) is 41.0 Å². The summed E-state index contributed by atoms with van der Waals surface area (Å²) in [5, 5.41) is 6.29. The summed E-state index contributed by atoms with van der Waals surface area (Å²) in [5.74, 6) is 0.526. The van der Waals surface area contributed by atoms with Crippen LogP contribution in [0.1, 0.15) is 24.1 Å². The smallest absolute Gasteiger partial charge is 0.246 e. The molecule has 118 valence electrons. The molecule has 1 aliphatic heterocycles. The Morgan fingerprint density at radius 3 is 2.77 bits per heavy atom. The van der Waals surface area contributed by atoms with Gasteiger partial charge in [-0.1, -0.05) is 0 Å². The third kappa shape index (κ3) is 3.20. The molecular formula is C15H20N4O2S. The largest absolute Gasteiger partial charge is 0.284 e. The summed E-state index contributed by atoms with van der Waals surface area (Å²) in [6.07, 6.45) is 7.39. The van der Waals surface area contributed by atoms with Crippen molar-refractivity contribution in [3.63, 3.8) is 0 Å². The van der Waals surface area contributed by atoms with Crippen LogP contribution >= 0.6 is 0 Å². The first kappa shape index (κ1) is 15.2. The average Bonchev–Trinajstić information content (AvgIpc) is 3.03. The molecule has 0 radical (unpaired) electrons. The Bertz CT molecular complexity index is 720. The van der Waals surface area contributed by atoms with E-state index in [1.54, 1.807) is 4.31 Å². The van der Waals surface area contributed by atoms with E-state index in [2.05, 4.69) is 21.2 Å². The Morgan fingerprint density at radius 2 is 2.14 bits per heavy atom. The van der Waals surface area contributed by atoms with Crippen molar-refractivity contribution in [3.8, 4) is 0 Å². The van der Waals surface area contributed by atoms with Crippen molar-refractivity contribution in [1.82, 2.24) is 19.5 Å². The van der Waals surface area contributed by atoms with Gasteiger partial charge >= 0.3 is 0 Å². The van der Waals surface area contributed by atoms with E-state index in [0.29, 0.717) is 19.0 Å². The SMILES string of the molecule is Cc1cc(CC2CCN(S(=O)(=O)c3cn[nH]c3)CC2)ccn1. The number of pyridine rings is 1. The molecule has 0 atom stereocenters. The second-order valence-electron chi connectivity index (χ2n) is 5.79. The van der Waals surface area contributed by atoms with Crippen molar-refractivity contribution in [2.24, 2.45) is 5.92 Å². The maximum absolute atomic E-state index is 12.4. The third-order valence-corrected chi connectivity index (χ3v) is 6.03. The highest BCUT2D eigenvalue weighted by Crippen LogP contribution is 2.25. The number of hydrogen-bond donors (Lipinski definition) is 1. The summed E-state index contributed by atoms with van der Waals surface area (Å²) in [4.78, 5) is 4.46. The van der Waals surface area contributed by atoms with Crippen LogP contribution in [0.2, 0.25) is 0 Å². The van der Waals surface area contributed by atoms with Crippen molar-refractivity contribution < 1.29 is 8.42 Å². The van der Waals surface area contributed by atoms with Gasteiger partial charge in [0.15, 0.2) is 0 Å². The molecule has 0 aliphatic carbocycles. The number of H-pyrrole nitrogens is 1. The van der Waals surface area contributed by atoms with Crippen LogP contribution in [0, 0.1) is 12.8 Å². The zero-order valence-electron chi connectivity index (χ0n) is 12.6. The molecule has 0 amide bonds. The summed E-state index contributed by atoms with van der Waals surface area (Å²) >= 11 is 0. The van der Waals surface area contributed by atoms with Crippen LogP contribution in [0.25, 0.3) is 0 Å². The summed E-state index contributed by atoms with van der Waals surface area (Å²) in [6, 6.07) is 4.15. The standard InChI is InChI=1S/C15H20N4O2S/c1-12-8-14(2-5-16-12)9-13-3-6-19(7-4-13)22(20,21)15-10-17-18-11-15/h2,5,8,10-11,13H,3-4,6-7,9H2,1H3,(H,17,18). The van der Waals surface area contributed by atoms with E-state index in [9.17, 15) is 8.42 Å². The van der Waals surface area contributed by atoms with E-state index < -0.39 is 10.0 Å². The molecular weight excluding hydrogens is 300 g/mol. The van der Waals surface area contributed by atoms with Gasteiger partial charge in [-0.05, 0) is 49.8 Å². The normalized spacial score (nSPS) is 17.7. The van der Waals surface area contributed by atoms with Crippen LogP contribution in [0.15, 0.2) is 35.6 Å². The number of rotatable bonds is 4. The van der Waals surface area contributed by atoms with E-state index in [1.165, 1.54) is 18.0 Å². The van der Waals surface area contributed by atoms with E-state index in [1.807, 2.05) is 19.2 Å².